The number of benzene rings is 6. The lowest BCUT2D eigenvalue weighted by Crippen LogP contribution is -2.54. The predicted molar refractivity (Wildman–Crippen MR) is 177 cm³/mol. The average molecular weight is 557 g/mol. The maximum absolute atomic E-state index is 3.85. The van der Waals surface area contributed by atoms with Crippen LogP contribution in [0, 0.1) is 0 Å². The Kier molecular flexibility index (Phi) is 6.58. The lowest BCUT2D eigenvalue weighted by molar-refractivity contribution is 0.203. The van der Waals surface area contributed by atoms with Crippen molar-refractivity contribution >= 4 is 21.8 Å². The summed E-state index contributed by atoms with van der Waals surface area (Å²) in [6.45, 7) is 0. The molecule has 1 saturated heterocycles. The van der Waals surface area contributed by atoms with Gasteiger partial charge in [-0.3, -0.25) is 16.0 Å². The third-order valence-electron chi connectivity index (χ3n) is 8.52. The van der Waals surface area contributed by atoms with Crippen molar-refractivity contribution in [2.45, 2.75) is 18.5 Å². The van der Waals surface area contributed by atoms with Gasteiger partial charge in [0.2, 0.25) is 0 Å². The number of aromatic nitrogens is 1. The molecular weight excluding hydrogens is 524 g/mol. The zero-order valence-corrected chi connectivity index (χ0v) is 23.7. The Balaban J connectivity index is 1.15. The molecule has 1 aliphatic heterocycles. The highest BCUT2D eigenvalue weighted by Gasteiger charge is 2.29. The molecule has 6 aromatic carbocycles. The lowest BCUT2D eigenvalue weighted by Gasteiger charge is -2.39. The van der Waals surface area contributed by atoms with Gasteiger partial charge in [-0.1, -0.05) is 127 Å². The SMILES string of the molecule is c1ccc(-c2cccc(C3NC(c4ccccc4)NC(c4ccc(-n5c6ccccc6c6ccccc65)cc4)N3)c2)cc1. The summed E-state index contributed by atoms with van der Waals surface area (Å²) in [5.41, 5.74) is 9.63. The fraction of sp³-hybridized carbons (Fsp3) is 0.0769. The Morgan fingerprint density at radius 1 is 0.372 bits per heavy atom. The second kappa shape index (κ2) is 11.0. The topological polar surface area (TPSA) is 41.0 Å². The molecule has 1 fully saturated rings. The molecule has 8 rings (SSSR count). The zero-order chi connectivity index (χ0) is 28.6. The van der Waals surface area contributed by atoms with Gasteiger partial charge in [-0.05, 0) is 58.1 Å². The number of nitrogens with one attached hydrogen (secondary N) is 3. The van der Waals surface area contributed by atoms with E-state index in [1.165, 1.54) is 49.6 Å². The highest BCUT2D eigenvalue weighted by atomic mass is 15.4. The molecule has 3 atom stereocenters. The van der Waals surface area contributed by atoms with Gasteiger partial charge in [0.05, 0.1) is 29.5 Å². The molecule has 7 aromatic rings. The van der Waals surface area contributed by atoms with E-state index in [0.29, 0.717) is 0 Å². The van der Waals surface area contributed by atoms with Crippen LogP contribution in [0.2, 0.25) is 0 Å². The first-order valence-corrected chi connectivity index (χ1v) is 14.9. The molecule has 0 radical (unpaired) electrons. The summed E-state index contributed by atoms with van der Waals surface area (Å²) in [6, 6.07) is 56.3. The second-order valence-electron chi connectivity index (χ2n) is 11.2. The molecule has 2 heterocycles. The quantitative estimate of drug-likeness (QED) is 0.199. The molecule has 4 heteroatoms. The van der Waals surface area contributed by atoms with Crippen LogP contribution in [0.25, 0.3) is 38.6 Å². The van der Waals surface area contributed by atoms with Gasteiger partial charge >= 0.3 is 0 Å². The van der Waals surface area contributed by atoms with Crippen molar-refractivity contribution in [2.24, 2.45) is 0 Å². The number of fused-ring (bicyclic) bond motifs is 3. The smallest absolute Gasteiger partial charge is 0.0864 e. The zero-order valence-electron chi connectivity index (χ0n) is 23.7. The molecule has 208 valence electrons. The van der Waals surface area contributed by atoms with E-state index in [9.17, 15) is 0 Å². The van der Waals surface area contributed by atoms with Crippen molar-refractivity contribution in [3.05, 3.63) is 174 Å². The van der Waals surface area contributed by atoms with Crippen LogP contribution in [0.4, 0.5) is 0 Å². The summed E-state index contributed by atoms with van der Waals surface area (Å²) in [5, 5.41) is 14.0. The van der Waals surface area contributed by atoms with E-state index in [4.69, 9.17) is 0 Å². The summed E-state index contributed by atoms with van der Waals surface area (Å²) in [4.78, 5) is 0. The van der Waals surface area contributed by atoms with Crippen molar-refractivity contribution in [1.29, 1.82) is 0 Å². The summed E-state index contributed by atoms with van der Waals surface area (Å²) >= 11 is 0. The standard InChI is InChI=1S/C39H32N4/c1-3-12-27(13-4-1)30-16-11-17-31(26-30)39-41-37(28-14-5-2-6-15-28)40-38(42-39)29-22-24-32(25-23-29)43-35-20-9-7-18-33(35)34-19-8-10-21-36(34)43/h1-26,37-42H. The molecule has 4 nitrogen and oxygen atoms in total. The van der Waals surface area contributed by atoms with Crippen molar-refractivity contribution in [1.82, 2.24) is 20.5 Å². The second-order valence-corrected chi connectivity index (χ2v) is 11.2. The van der Waals surface area contributed by atoms with Crippen molar-refractivity contribution < 1.29 is 0 Å². The van der Waals surface area contributed by atoms with Crippen LogP contribution in [0.5, 0.6) is 0 Å². The van der Waals surface area contributed by atoms with Crippen LogP contribution in [0.3, 0.4) is 0 Å². The van der Waals surface area contributed by atoms with Crippen molar-refractivity contribution in [3.8, 4) is 16.8 Å². The number of hydrogen-bond donors (Lipinski definition) is 3. The Hall–Kier alpha value is -5.00. The van der Waals surface area contributed by atoms with E-state index in [2.05, 4.69) is 178 Å². The Labute approximate surface area is 251 Å². The minimum Gasteiger partial charge on any atom is -0.309 e. The van der Waals surface area contributed by atoms with E-state index < -0.39 is 0 Å². The number of nitrogens with zero attached hydrogens (tertiary/aromatic N) is 1. The van der Waals surface area contributed by atoms with E-state index in [-0.39, 0.29) is 18.5 Å². The fourth-order valence-corrected chi connectivity index (χ4v) is 6.41. The van der Waals surface area contributed by atoms with E-state index in [0.717, 1.165) is 5.69 Å². The van der Waals surface area contributed by atoms with Crippen LogP contribution >= 0.6 is 0 Å². The van der Waals surface area contributed by atoms with Gasteiger partial charge in [-0.25, -0.2) is 0 Å². The summed E-state index contributed by atoms with van der Waals surface area (Å²) in [7, 11) is 0. The lowest BCUT2D eigenvalue weighted by atomic mass is 10.00. The van der Waals surface area contributed by atoms with E-state index in [1.54, 1.807) is 0 Å². The Morgan fingerprint density at radius 2 is 0.837 bits per heavy atom. The van der Waals surface area contributed by atoms with Crippen LogP contribution in [0.15, 0.2) is 158 Å². The molecule has 0 amide bonds. The molecule has 3 unspecified atom stereocenters. The van der Waals surface area contributed by atoms with Gasteiger partial charge in [0.15, 0.2) is 0 Å². The molecule has 1 aliphatic rings. The third kappa shape index (κ3) is 4.82. The highest BCUT2D eigenvalue weighted by molar-refractivity contribution is 6.09. The number of para-hydroxylation sites is 2. The predicted octanol–water partition coefficient (Wildman–Crippen LogP) is 8.63. The number of hydrogen-bond acceptors (Lipinski definition) is 3. The van der Waals surface area contributed by atoms with Gasteiger partial charge in [0.1, 0.15) is 0 Å². The minimum absolute atomic E-state index is 0.0187. The van der Waals surface area contributed by atoms with Crippen molar-refractivity contribution in [3.63, 3.8) is 0 Å². The monoisotopic (exact) mass is 556 g/mol. The van der Waals surface area contributed by atoms with E-state index in [1.807, 2.05) is 0 Å². The first kappa shape index (κ1) is 25.7. The normalized spacial score (nSPS) is 18.7. The minimum atomic E-state index is -0.0518. The van der Waals surface area contributed by atoms with Crippen LogP contribution < -0.4 is 16.0 Å². The molecule has 0 saturated carbocycles. The Bertz CT molecular complexity index is 1960. The summed E-state index contributed by atoms with van der Waals surface area (Å²) < 4.78 is 2.36. The molecule has 1 aromatic heterocycles. The van der Waals surface area contributed by atoms with Gasteiger partial charge in [-0.2, -0.15) is 0 Å². The van der Waals surface area contributed by atoms with Crippen LogP contribution in [0.1, 0.15) is 35.2 Å². The molecule has 3 N–H and O–H groups in total. The summed E-state index contributed by atoms with van der Waals surface area (Å²) in [6.07, 6.45) is -0.115. The Morgan fingerprint density at radius 3 is 1.47 bits per heavy atom. The van der Waals surface area contributed by atoms with Crippen LogP contribution in [-0.4, -0.2) is 4.57 Å². The maximum Gasteiger partial charge on any atom is 0.0864 e. The molecular formula is C39H32N4. The first-order chi connectivity index (χ1) is 21.3. The van der Waals surface area contributed by atoms with Crippen molar-refractivity contribution in [2.75, 3.05) is 0 Å². The number of rotatable bonds is 5. The average Bonchev–Trinajstić information content (AvgIpc) is 3.43. The molecule has 0 aliphatic carbocycles. The van der Waals surface area contributed by atoms with Gasteiger partial charge in [0.25, 0.3) is 0 Å². The molecule has 43 heavy (non-hydrogen) atoms. The molecule has 0 bridgehead atoms. The van der Waals surface area contributed by atoms with Gasteiger partial charge in [-0.15, -0.1) is 0 Å². The van der Waals surface area contributed by atoms with E-state index >= 15 is 0 Å². The van der Waals surface area contributed by atoms with Gasteiger partial charge in [0, 0.05) is 16.5 Å². The molecule has 0 spiro atoms. The third-order valence-corrected chi connectivity index (χ3v) is 8.52. The fourth-order valence-electron chi connectivity index (χ4n) is 6.41. The largest absolute Gasteiger partial charge is 0.309 e. The van der Waals surface area contributed by atoms with Crippen LogP contribution in [-0.2, 0) is 0 Å². The van der Waals surface area contributed by atoms with Gasteiger partial charge < -0.3 is 4.57 Å². The highest BCUT2D eigenvalue weighted by Crippen LogP contribution is 2.33. The maximum atomic E-state index is 3.85. The first-order valence-electron chi connectivity index (χ1n) is 14.9. The summed E-state index contributed by atoms with van der Waals surface area (Å²) in [5.74, 6) is 0.